The van der Waals surface area contributed by atoms with Crippen molar-refractivity contribution in [1.82, 2.24) is 16.0 Å². The second kappa shape index (κ2) is 8.55. The summed E-state index contributed by atoms with van der Waals surface area (Å²) in [6.07, 6.45) is 3.59. The predicted molar refractivity (Wildman–Crippen MR) is 90.5 cm³/mol. The molecule has 1 saturated heterocycles. The van der Waals surface area contributed by atoms with E-state index in [1.54, 1.807) is 12.1 Å². The molecule has 1 aromatic carbocycles. The standard InChI is InChI=1S/C18H26FN3O2/c19-15-6-2-1-4-13(15)18(23)22-9-8-20-16-7-3-5-14(16)17-12-24-11-10-21-17/h1-2,4,6,14,16-17,20-21H,3,5,7-12H2,(H,22,23). The van der Waals surface area contributed by atoms with Gasteiger partial charge in [-0.25, -0.2) is 4.39 Å². The minimum absolute atomic E-state index is 0.0970. The minimum atomic E-state index is -0.484. The van der Waals surface area contributed by atoms with Crippen LogP contribution in [0.1, 0.15) is 29.6 Å². The average molecular weight is 335 g/mol. The van der Waals surface area contributed by atoms with E-state index in [4.69, 9.17) is 4.74 Å². The van der Waals surface area contributed by atoms with E-state index in [1.807, 2.05) is 0 Å². The van der Waals surface area contributed by atoms with Crippen LogP contribution in [0.5, 0.6) is 0 Å². The summed E-state index contributed by atoms with van der Waals surface area (Å²) in [6.45, 7) is 3.68. The average Bonchev–Trinajstić information content (AvgIpc) is 3.08. The van der Waals surface area contributed by atoms with E-state index in [-0.39, 0.29) is 11.5 Å². The summed E-state index contributed by atoms with van der Waals surface area (Å²) in [7, 11) is 0. The number of ether oxygens (including phenoxy) is 1. The van der Waals surface area contributed by atoms with Crippen molar-refractivity contribution in [2.75, 3.05) is 32.8 Å². The summed E-state index contributed by atoms with van der Waals surface area (Å²) in [5.74, 6) is -0.269. The Morgan fingerprint density at radius 3 is 2.96 bits per heavy atom. The predicted octanol–water partition coefficient (Wildman–Crippen LogP) is 1.30. The van der Waals surface area contributed by atoms with Crippen LogP contribution >= 0.6 is 0 Å². The number of halogens is 1. The Balaban J connectivity index is 1.41. The summed E-state index contributed by atoms with van der Waals surface area (Å²) in [5.41, 5.74) is 0.0970. The first-order valence-corrected chi connectivity index (χ1v) is 8.83. The molecule has 5 nitrogen and oxygen atoms in total. The summed E-state index contributed by atoms with van der Waals surface area (Å²) in [5, 5.41) is 9.87. The molecule has 1 saturated carbocycles. The largest absolute Gasteiger partial charge is 0.379 e. The molecule has 1 amide bonds. The fourth-order valence-corrected chi connectivity index (χ4v) is 3.76. The van der Waals surface area contributed by atoms with Gasteiger partial charge < -0.3 is 20.7 Å². The molecule has 1 heterocycles. The molecule has 3 N–H and O–H groups in total. The first-order valence-electron chi connectivity index (χ1n) is 8.83. The number of amides is 1. The molecule has 0 bridgehead atoms. The normalized spacial score (nSPS) is 27.1. The zero-order valence-corrected chi connectivity index (χ0v) is 13.9. The molecule has 3 rings (SSSR count). The Kier molecular flexibility index (Phi) is 6.18. The zero-order chi connectivity index (χ0) is 16.8. The summed E-state index contributed by atoms with van der Waals surface area (Å²) >= 11 is 0. The molecule has 3 atom stereocenters. The highest BCUT2D eigenvalue weighted by Gasteiger charge is 2.34. The molecule has 0 aromatic heterocycles. The van der Waals surface area contributed by atoms with Crippen molar-refractivity contribution in [1.29, 1.82) is 0 Å². The van der Waals surface area contributed by atoms with E-state index in [2.05, 4.69) is 16.0 Å². The van der Waals surface area contributed by atoms with Crippen LogP contribution in [0, 0.1) is 11.7 Å². The zero-order valence-electron chi connectivity index (χ0n) is 13.9. The third-order valence-corrected chi connectivity index (χ3v) is 4.97. The third-order valence-electron chi connectivity index (χ3n) is 4.97. The Bertz CT molecular complexity index is 549. The van der Waals surface area contributed by atoms with Crippen LogP contribution in [-0.2, 0) is 4.74 Å². The smallest absolute Gasteiger partial charge is 0.254 e. The lowest BCUT2D eigenvalue weighted by molar-refractivity contribution is 0.0526. The van der Waals surface area contributed by atoms with Gasteiger partial charge in [-0.15, -0.1) is 0 Å². The highest BCUT2D eigenvalue weighted by Crippen LogP contribution is 2.29. The Morgan fingerprint density at radius 1 is 1.29 bits per heavy atom. The number of morpholine rings is 1. The molecule has 24 heavy (non-hydrogen) atoms. The van der Waals surface area contributed by atoms with E-state index in [0.29, 0.717) is 31.1 Å². The fourth-order valence-electron chi connectivity index (χ4n) is 3.76. The van der Waals surface area contributed by atoms with Crippen molar-refractivity contribution in [3.05, 3.63) is 35.6 Å². The molecular weight excluding hydrogens is 309 g/mol. The third kappa shape index (κ3) is 4.32. The molecule has 2 fully saturated rings. The van der Waals surface area contributed by atoms with Crippen LogP contribution < -0.4 is 16.0 Å². The summed E-state index contributed by atoms with van der Waals surface area (Å²) < 4.78 is 19.1. The van der Waals surface area contributed by atoms with Crippen molar-refractivity contribution in [3.8, 4) is 0 Å². The highest BCUT2D eigenvalue weighted by atomic mass is 19.1. The molecule has 1 aliphatic carbocycles. The highest BCUT2D eigenvalue weighted by molar-refractivity contribution is 5.94. The second-order valence-electron chi connectivity index (χ2n) is 6.53. The molecule has 1 aromatic rings. The maximum absolute atomic E-state index is 13.6. The van der Waals surface area contributed by atoms with Gasteiger partial charge in [-0.2, -0.15) is 0 Å². The van der Waals surface area contributed by atoms with E-state index >= 15 is 0 Å². The van der Waals surface area contributed by atoms with Gasteiger partial charge in [0, 0.05) is 31.7 Å². The van der Waals surface area contributed by atoms with Gasteiger partial charge in [-0.05, 0) is 30.9 Å². The molecule has 1 aliphatic heterocycles. The van der Waals surface area contributed by atoms with Gasteiger partial charge in [0.15, 0.2) is 0 Å². The Morgan fingerprint density at radius 2 is 2.17 bits per heavy atom. The molecule has 2 aliphatic rings. The monoisotopic (exact) mass is 335 g/mol. The lowest BCUT2D eigenvalue weighted by Crippen LogP contribution is -2.51. The van der Waals surface area contributed by atoms with Crippen molar-refractivity contribution in [2.45, 2.75) is 31.3 Å². The topological polar surface area (TPSA) is 62.4 Å². The number of hydrogen-bond acceptors (Lipinski definition) is 4. The van der Waals surface area contributed by atoms with Crippen molar-refractivity contribution in [2.24, 2.45) is 5.92 Å². The molecule has 3 unspecified atom stereocenters. The maximum atomic E-state index is 13.6. The van der Waals surface area contributed by atoms with Gasteiger partial charge in [0.05, 0.1) is 18.8 Å². The van der Waals surface area contributed by atoms with Crippen LogP contribution in [0.25, 0.3) is 0 Å². The van der Waals surface area contributed by atoms with E-state index in [0.717, 1.165) is 26.2 Å². The second-order valence-corrected chi connectivity index (χ2v) is 6.53. The van der Waals surface area contributed by atoms with Gasteiger partial charge >= 0.3 is 0 Å². The molecule has 132 valence electrons. The molecular formula is C18H26FN3O2. The number of benzene rings is 1. The van der Waals surface area contributed by atoms with Gasteiger partial charge in [0.25, 0.3) is 5.91 Å². The van der Waals surface area contributed by atoms with Gasteiger partial charge in [-0.1, -0.05) is 18.6 Å². The van der Waals surface area contributed by atoms with Crippen LogP contribution in [0.2, 0.25) is 0 Å². The quantitative estimate of drug-likeness (QED) is 0.686. The summed E-state index contributed by atoms with van der Waals surface area (Å²) in [4.78, 5) is 12.0. The molecule has 0 spiro atoms. The van der Waals surface area contributed by atoms with Crippen LogP contribution in [0.4, 0.5) is 4.39 Å². The lowest BCUT2D eigenvalue weighted by atomic mass is 9.94. The molecule has 6 heteroatoms. The number of carbonyl (C=O) groups excluding carboxylic acids is 1. The Labute approximate surface area is 142 Å². The lowest BCUT2D eigenvalue weighted by Gasteiger charge is -2.33. The fraction of sp³-hybridized carbons (Fsp3) is 0.611. The van der Waals surface area contributed by atoms with E-state index in [1.165, 1.54) is 25.0 Å². The number of carbonyl (C=O) groups is 1. The summed E-state index contributed by atoms with van der Waals surface area (Å²) in [6, 6.07) is 6.92. The van der Waals surface area contributed by atoms with Gasteiger partial charge in [0.2, 0.25) is 0 Å². The van der Waals surface area contributed by atoms with Crippen LogP contribution in [-0.4, -0.2) is 50.8 Å². The Hall–Kier alpha value is -1.50. The number of hydrogen-bond donors (Lipinski definition) is 3. The molecule has 0 radical (unpaired) electrons. The minimum Gasteiger partial charge on any atom is -0.379 e. The van der Waals surface area contributed by atoms with Gasteiger partial charge in [-0.3, -0.25) is 4.79 Å². The number of nitrogens with one attached hydrogen (secondary N) is 3. The first kappa shape index (κ1) is 17.3. The van der Waals surface area contributed by atoms with Gasteiger partial charge in [0.1, 0.15) is 5.82 Å². The van der Waals surface area contributed by atoms with E-state index in [9.17, 15) is 9.18 Å². The first-order chi connectivity index (χ1) is 11.8. The maximum Gasteiger partial charge on any atom is 0.254 e. The van der Waals surface area contributed by atoms with Crippen molar-refractivity contribution >= 4 is 5.91 Å². The van der Waals surface area contributed by atoms with Crippen molar-refractivity contribution in [3.63, 3.8) is 0 Å². The van der Waals surface area contributed by atoms with Crippen molar-refractivity contribution < 1.29 is 13.9 Å². The van der Waals surface area contributed by atoms with Crippen LogP contribution in [0.3, 0.4) is 0 Å². The van der Waals surface area contributed by atoms with Crippen LogP contribution in [0.15, 0.2) is 24.3 Å². The van der Waals surface area contributed by atoms with E-state index < -0.39 is 5.82 Å². The number of rotatable bonds is 6. The SMILES string of the molecule is O=C(NCCNC1CCCC1C1COCCN1)c1ccccc1F.